The Morgan fingerprint density at radius 3 is 2.79 bits per heavy atom. The van der Waals surface area contributed by atoms with Crippen LogP contribution >= 0.6 is 0 Å². The molecule has 0 unspecified atom stereocenters. The van der Waals surface area contributed by atoms with Crippen molar-refractivity contribution in [3.8, 4) is 0 Å². The first kappa shape index (κ1) is 12.7. The van der Waals surface area contributed by atoms with E-state index in [0.29, 0.717) is 6.54 Å². The maximum atomic E-state index is 12.1. The lowest BCUT2D eigenvalue weighted by atomic mass is 10.0. The van der Waals surface area contributed by atoms with Crippen LogP contribution in [0.15, 0.2) is 18.2 Å². The van der Waals surface area contributed by atoms with E-state index in [1.165, 1.54) is 17.5 Å². The molecule has 1 aromatic carbocycles. The number of hydrogen-bond acceptors (Lipinski definition) is 2. The Morgan fingerprint density at radius 1 is 1.26 bits per heavy atom. The molecule has 0 spiro atoms. The fourth-order valence-corrected chi connectivity index (χ4v) is 3.01. The quantitative estimate of drug-likeness (QED) is 0.850. The van der Waals surface area contributed by atoms with Gasteiger partial charge in [0.05, 0.1) is 0 Å². The van der Waals surface area contributed by atoms with Gasteiger partial charge in [0.2, 0.25) is 0 Å². The highest BCUT2D eigenvalue weighted by Crippen LogP contribution is 2.47. The fraction of sp³-hybridized carbons (Fsp3) is 0.562. The van der Waals surface area contributed by atoms with Crippen molar-refractivity contribution in [1.82, 2.24) is 5.32 Å². The largest absolute Gasteiger partial charge is 0.396 e. The van der Waals surface area contributed by atoms with Gasteiger partial charge in [-0.3, -0.25) is 4.79 Å². The third-order valence-corrected chi connectivity index (χ3v) is 4.58. The summed E-state index contributed by atoms with van der Waals surface area (Å²) in [6, 6.07) is 6.08. The molecule has 1 saturated carbocycles. The van der Waals surface area contributed by atoms with Gasteiger partial charge in [-0.05, 0) is 67.2 Å². The molecule has 0 radical (unpaired) electrons. The molecule has 0 bridgehead atoms. The van der Waals surface area contributed by atoms with Crippen molar-refractivity contribution in [2.75, 3.05) is 13.2 Å². The third-order valence-electron chi connectivity index (χ3n) is 4.58. The Balaban J connectivity index is 1.61. The molecule has 1 amide bonds. The van der Waals surface area contributed by atoms with Crippen molar-refractivity contribution >= 4 is 5.91 Å². The van der Waals surface area contributed by atoms with Crippen LogP contribution in [0.3, 0.4) is 0 Å². The summed E-state index contributed by atoms with van der Waals surface area (Å²) in [7, 11) is 0. The minimum absolute atomic E-state index is 0.0268. The van der Waals surface area contributed by atoms with E-state index in [1.54, 1.807) is 0 Å². The normalized spacial score (nSPS) is 19.0. The van der Waals surface area contributed by atoms with Crippen molar-refractivity contribution in [2.24, 2.45) is 5.41 Å². The molecule has 2 N–H and O–H groups in total. The second-order valence-electron chi connectivity index (χ2n) is 5.99. The zero-order valence-corrected chi connectivity index (χ0v) is 11.2. The highest BCUT2D eigenvalue weighted by atomic mass is 16.3. The summed E-state index contributed by atoms with van der Waals surface area (Å²) >= 11 is 0. The van der Waals surface area contributed by atoms with E-state index < -0.39 is 0 Å². The van der Waals surface area contributed by atoms with Crippen molar-refractivity contribution in [3.05, 3.63) is 34.9 Å². The summed E-state index contributed by atoms with van der Waals surface area (Å²) in [5, 5.41) is 12.0. The maximum absolute atomic E-state index is 12.1. The number of aryl methyl sites for hydroxylation is 2. The minimum Gasteiger partial charge on any atom is -0.396 e. The smallest absolute Gasteiger partial charge is 0.251 e. The van der Waals surface area contributed by atoms with Gasteiger partial charge in [-0.15, -0.1) is 0 Å². The molecule has 0 atom stereocenters. The number of benzene rings is 1. The third kappa shape index (κ3) is 2.66. The zero-order chi connectivity index (χ0) is 13.3. The molecule has 2 aliphatic carbocycles. The first-order chi connectivity index (χ1) is 9.22. The highest BCUT2D eigenvalue weighted by Gasteiger charge is 2.41. The number of nitrogens with one attached hydrogen (secondary N) is 1. The molecular formula is C16H21NO2. The van der Waals surface area contributed by atoms with Crippen molar-refractivity contribution < 1.29 is 9.90 Å². The van der Waals surface area contributed by atoms with Gasteiger partial charge < -0.3 is 10.4 Å². The number of carbonyl (C=O) groups is 1. The Bertz CT molecular complexity index is 492. The van der Waals surface area contributed by atoms with Crippen LogP contribution in [0.25, 0.3) is 0 Å². The van der Waals surface area contributed by atoms with Crippen LogP contribution in [0.1, 0.15) is 47.2 Å². The molecule has 0 aliphatic heterocycles. The fourth-order valence-electron chi connectivity index (χ4n) is 3.01. The molecule has 0 heterocycles. The van der Waals surface area contributed by atoms with Gasteiger partial charge in [0.15, 0.2) is 0 Å². The molecule has 0 saturated heterocycles. The van der Waals surface area contributed by atoms with E-state index in [-0.39, 0.29) is 17.9 Å². The summed E-state index contributed by atoms with van der Waals surface area (Å²) < 4.78 is 0. The monoisotopic (exact) mass is 259 g/mol. The molecule has 2 aliphatic rings. The van der Waals surface area contributed by atoms with Crippen molar-refractivity contribution in [3.63, 3.8) is 0 Å². The van der Waals surface area contributed by atoms with E-state index in [0.717, 1.165) is 37.7 Å². The maximum Gasteiger partial charge on any atom is 0.251 e. The second kappa shape index (κ2) is 4.97. The van der Waals surface area contributed by atoms with Crippen LogP contribution in [0.5, 0.6) is 0 Å². The Hall–Kier alpha value is -1.35. The van der Waals surface area contributed by atoms with Crippen LogP contribution < -0.4 is 5.32 Å². The van der Waals surface area contributed by atoms with Gasteiger partial charge in [0.25, 0.3) is 5.91 Å². The number of carbonyl (C=O) groups excluding carboxylic acids is 1. The van der Waals surface area contributed by atoms with Crippen molar-refractivity contribution in [1.29, 1.82) is 0 Å². The summed E-state index contributed by atoms with van der Waals surface area (Å²) in [5.41, 5.74) is 3.70. The van der Waals surface area contributed by atoms with E-state index >= 15 is 0 Å². The average Bonchev–Trinajstić information content (AvgIpc) is 3.02. The van der Waals surface area contributed by atoms with E-state index in [1.807, 2.05) is 12.1 Å². The molecule has 1 fully saturated rings. The molecule has 3 rings (SSSR count). The van der Waals surface area contributed by atoms with E-state index in [2.05, 4.69) is 11.4 Å². The van der Waals surface area contributed by atoms with Crippen LogP contribution in [0.2, 0.25) is 0 Å². The van der Waals surface area contributed by atoms with Gasteiger partial charge >= 0.3 is 0 Å². The predicted octanol–water partition coefficient (Wildman–Crippen LogP) is 2.07. The first-order valence-corrected chi connectivity index (χ1v) is 7.23. The van der Waals surface area contributed by atoms with Crippen molar-refractivity contribution in [2.45, 2.75) is 38.5 Å². The number of rotatable bonds is 5. The molecule has 1 aromatic rings. The average molecular weight is 259 g/mol. The molecule has 0 aromatic heterocycles. The SMILES string of the molecule is O=C(NCC1(CCO)CC1)c1ccc2c(c1)CCC2. The lowest BCUT2D eigenvalue weighted by Crippen LogP contribution is -2.30. The molecule has 19 heavy (non-hydrogen) atoms. The van der Waals surface area contributed by atoms with Crippen LogP contribution in [-0.4, -0.2) is 24.2 Å². The highest BCUT2D eigenvalue weighted by molar-refractivity contribution is 5.94. The lowest BCUT2D eigenvalue weighted by Gasteiger charge is -2.14. The summed E-state index contributed by atoms with van der Waals surface area (Å²) in [5.74, 6) is 0.0268. The molecule has 3 nitrogen and oxygen atoms in total. The van der Waals surface area contributed by atoms with Gasteiger partial charge in [-0.1, -0.05) is 6.07 Å². The van der Waals surface area contributed by atoms with Crippen LogP contribution in [0, 0.1) is 5.41 Å². The number of fused-ring (bicyclic) bond motifs is 1. The number of aliphatic hydroxyl groups is 1. The van der Waals surface area contributed by atoms with E-state index in [4.69, 9.17) is 5.11 Å². The summed E-state index contributed by atoms with van der Waals surface area (Å²) in [6.07, 6.45) is 6.51. The van der Waals surface area contributed by atoms with Gasteiger partial charge in [0, 0.05) is 18.7 Å². The number of amides is 1. The van der Waals surface area contributed by atoms with Gasteiger partial charge in [-0.25, -0.2) is 0 Å². The molecule has 3 heteroatoms. The second-order valence-corrected chi connectivity index (χ2v) is 5.99. The Kier molecular flexibility index (Phi) is 3.31. The predicted molar refractivity (Wildman–Crippen MR) is 74.2 cm³/mol. The Labute approximate surface area is 114 Å². The van der Waals surface area contributed by atoms with Gasteiger partial charge in [0.1, 0.15) is 0 Å². The van der Waals surface area contributed by atoms with Crippen LogP contribution in [0.4, 0.5) is 0 Å². The topological polar surface area (TPSA) is 49.3 Å². The number of hydrogen-bond donors (Lipinski definition) is 2. The van der Waals surface area contributed by atoms with Crippen LogP contribution in [-0.2, 0) is 12.8 Å². The Morgan fingerprint density at radius 2 is 2.05 bits per heavy atom. The first-order valence-electron chi connectivity index (χ1n) is 7.23. The van der Waals surface area contributed by atoms with E-state index in [9.17, 15) is 4.79 Å². The standard InChI is InChI=1S/C16H21NO2/c18-9-8-16(6-7-16)11-17-15(19)14-5-4-12-2-1-3-13(12)10-14/h4-5,10,18H,1-3,6-9,11H2,(H,17,19). The summed E-state index contributed by atoms with van der Waals surface area (Å²) in [4.78, 5) is 12.1. The zero-order valence-electron chi connectivity index (χ0n) is 11.2. The number of aliphatic hydroxyl groups excluding tert-OH is 1. The molecule has 102 valence electrons. The lowest BCUT2D eigenvalue weighted by molar-refractivity contribution is 0.0940. The summed E-state index contributed by atoms with van der Waals surface area (Å²) in [6.45, 7) is 0.915. The van der Waals surface area contributed by atoms with Gasteiger partial charge in [-0.2, -0.15) is 0 Å². The molecular weight excluding hydrogens is 238 g/mol. The minimum atomic E-state index is 0.0268.